The van der Waals surface area contributed by atoms with E-state index in [-0.39, 0.29) is 17.0 Å². The third-order valence-corrected chi connectivity index (χ3v) is 5.57. The van der Waals surface area contributed by atoms with Gasteiger partial charge in [-0.1, -0.05) is 18.2 Å². The van der Waals surface area contributed by atoms with Gasteiger partial charge in [-0.05, 0) is 80.4 Å². The topological polar surface area (TPSA) is 106 Å². The Labute approximate surface area is 208 Å². The van der Waals surface area contributed by atoms with E-state index in [4.69, 9.17) is 9.47 Å². The number of hydrogen-bond acceptors (Lipinski definition) is 6. The predicted molar refractivity (Wildman–Crippen MR) is 137 cm³/mol. The van der Waals surface area contributed by atoms with Gasteiger partial charge in [0.2, 0.25) is 5.88 Å². The van der Waals surface area contributed by atoms with Crippen LogP contribution in [0.2, 0.25) is 0 Å². The highest BCUT2D eigenvalue weighted by atomic mass is 16.5. The molecular formula is C28H24N4O4. The van der Waals surface area contributed by atoms with Gasteiger partial charge in [-0.15, -0.1) is 0 Å². The zero-order valence-corrected chi connectivity index (χ0v) is 20.1. The van der Waals surface area contributed by atoms with Crippen molar-refractivity contribution >= 4 is 23.3 Å². The summed E-state index contributed by atoms with van der Waals surface area (Å²) in [5.74, 6) is 0.516. The number of pyridine rings is 1. The van der Waals surface area contributed by atoms with Gasteiger partial charge in [0.1, 0.15) is 34.4 Å². The normalized spacial score (nSPS) is 11.1. The fourth-order valence-corrected chi connectivity index (χ4v) is 3.52. The lowest BCUT2D eigenvalue weighted by molar-refractivity contribution is -0.112. The predicted octanol–water partition coefficient (Wildman–Crippen LogP) is 5.05. The largest absolute Gasteiger partial charge is 0.494 e. The average molecular weight is 481 g/mol. The maximum atomic E-state index is 13.4. The standard InChI is InChI=1S/C28H24N4O4/c1-4-35-22-13-11-21(12-14-22)30-26(33)20(17-29)16-23-27(36-24-9-7-8-18(2)19(24)3)31-25-10-5-6-15-32(25)28(23)34/h5-16H,4H2,1-3H3,(H,30,33)/b20-16+. The lowest BCUT2D eigenvalue weighted by atomic mass is 10.1. The summed E-state index contributed by atoms with van der Waals surface area (Å²) in [4.78, 5) is 30.8. The van der Waals surface area contributed by atoms with Gasteiger partial charge in [0, 0.05) is 11.9 Å². The minimum Gasteiger partial charge on any atom is -0.494 e. The number of nitrogens with zero attached hydrogens (tertiary/aromatic N) is 3. The van der Waals surface area contributed by atoms with Crippen molar-refractivity contribution in [1.82, 2.24) is 9.38 Å². The van der Waals surface area contributed by atoms with E-state index < -0.39 is 11.5 Å². The number of hydrogen-bond donors (Lipinski definition) is 1. The second kappa shape index (κ2) is 10.6. The van der Waals surface area contributed by atoms with E-state index in [1.54, 1.807) is 54.7 Å². The molecule has 0 aliphatic carbocycles. The number of ether oxygens (including phenoxy) is 2. The van der Waals surface area contributed by atoms with Crippen molar-refractivity contribution in [2.75, 3.05) is 11.9 Å². The SMILES string of the molecule is CCOc1ccc(NC(=O)/C(C#N)=C/c2c(Oc3cccc(C)c3C)nc3ccccn3c2=O)cc1. The van der Waals surface area contributed by atoms with Crippen LogP contribution in [0, 0.1) is 25.2 Å². The number of amides is 1. The number of aromatic nitrogens is 2. The molecule has 0 spiro atoms. The molecule has 4 rings (SSSR count). The van der Waals surface area contributed by atoms with Crippen LogP contribution in [0.1, 0.15) is 23.6 Å². The molecule has 8 heteroatoms. The molecule has 0 aliphatic heterocycles. The van der Waals surface area contributed by atoms with Crippen LogP contribution in [0.4, 0.5) is 5.69 Å². The fourth-order valence-electron chi connectivity index (χ4n) is 3.52. The molecule has 1 N–H and O–H groups in total. The quantitative estimate of drug-likeness (QED) is 0.293. The fraction of sp³-hybridized carbons (Fsp3) is 0.143. The molecule has 0 saturated carbocycles. The van der Waals surface area contributed by atoms with E-state index in [1.165, 1.54) is 10.5 Å². The summed E-state index contributed by atoms with van der Waals surface area (Å²) in [7, 11) is 0. The summed E-state index contributed by atoms with van der Waals surface area (Å²) in [6.45, 7) is 6.25. The molecule has 8 nitrogen and oxygen atoms in total. The molecule has 1 amide bonds. The molecule has 0 atom stereocenters. The monoisotopic (exact) mass is 480 g/mol. The second-order valence-electron chi connectivity index (χ2n) is 7.95. The Bertz CT molecular complexity index is 1560. The van der Waals surface area contributed by atoms with Crippen LogP contribution in [0.5, 0.6) is 17.4 Å². The first kappa shape index (κ1) is 24.2. The Kier molecular flexibility index (Phi) is 7.12. The van der Waals surface area contributed by atoms with Crippen LogP contribution in [-0.4, -0.2) is 21.9 Å². The third kappa shape index (κ3) is 5.10. The van der Waals surface area contributed by atoms with E-state index in [2.05, 4.69) is 10.3 Å². The summed E-state index contributed by atoms with van der Waals surface area (Å²) >= 11 is 0. The van der Waals surface area contributed by atoms with Crippen molar-refractivity contribution in [3.8, 4) is 23.4 Å². The number of fused-ring (bicyclic) bond motifs is 1. The number of benzene rings is 2. The van der Waals surface area contributed by atoms with E-state index in [0.29, 0.717) is 29.4 Å². The van der Waals surface area contributed by atoms with Crippen molar-refractivity contribution in [2.45, 2.75) is 20.8 Å². The molecule has 36 heavy (non-hydrogen) atoms. The van der Waals surface area contributed by atoms with Crippen molar-refractivity contribution < 1.29 is 14.3 Å². The van der Waals surface area contributed by atoms with Gasteiger partial charge in [-0.2, -0.15) is 10.2 Å². The molecule has 2 aromatic carbocycles. The van der Waals surface area contributed by atoms with Crippen LogP contribution < -0.4 is 20.3 Å². The van der Waals surface area contributed by atoms with Gasteiger partial charge in [-0.3, -0.25) is 14.0 Å². The number of carbonyl (C=O) groups is 1. The molecule has 0 unspecified atom stereocenters. The lowest BCUT2D eigenvalue weighted by Gasteiger charge is -2.13. The second-order valence-corrected chi connectivity index (χ2v) is 7.95. The third-order valence-electron chi connectivity index (χ3n) is 5.57. The first-order valence-corrected chi connectivity index (χ1v) is 11.3. The highest BCUT2D eigenvalue weighted by Crippen LogP contribution is 2.28. The van der Waals surface area contributed by atoms with Crippen LogP contribution in [0.25, 0.3) is 11.7 Å². The molecule has 2 heterocycles. The Morgan fingerprint density at radius 2 is 1.89 bits per heavy atom. The minimum absolute atomic E-state index is 0.00140. The van der Waals surface area contributed by atoms with Gasteiger partial charge >= 0.3 is 0 Å². The van der Waals surface area contributed by atoms with E-state index in [1.807, 2.05) is 39.0 Å². The van der Waals surface area contributed by atoms with Gasteiger partial charge in [0.15, 0.2) is 0 Å². The van der Waals surface area contributed by atoms with Crippen molar-refractivity contribution in [3.05, 3.63) is 99.5 Å². The van der Waals surface area contributed by atoms with Crippen molar-refractivity contribution in [3.63, 3.8) is 0 Å². The number of aryl methyl sites for hydroxylation is 1. The van der Waals surface area contributed by atoms with Gasteiger partial charge < -0.3 is 14.8 Å². The molecule has 2 aromatic heterocycles. The van der Waals surface area contributed by atoms with E-state index >= 15 is 0 Å². The molecule has 0 fully saturated rings. The molecule has 180 valence electrons. The smallest absolute Gasteiger partial charge is 0.269 e. The number of nitrogens with one attached hydrogen (secondary N) is 1. The lowest BCUT2D eigenvalue weighted by Crippen LogP contribution is -2.20. The Morgan fingerprint density at radius 1 is 1.11 bits per heavy atom. The maximum absolute atomic E-state index is 13.4. The minimum atomic E-state index is -0.670. The Balaban J connectivity index is 1.76. The molecule has 0 bridgehead atoms. The van der Waals surface area contributed by atoms with Gasteiger partial charge in [0.05, 0.1) is 6.61 Å². The molecule has 0 radical (unpaired) electrons. The van der Waals surface area contributed by atoms with Crippen LogP contribution >= 0.6 is 0 Å². The summed E-state index contributed by atoms with van der Waals surface area (Å²) in [5, 5.41) is 12.4. The van der Waals surface area contributed by atoms with Crippen molar-refractivity contribution in [2.24, 2.45) is 0 Å². The zero-order chi connectivity index (χ0) is 25.7. The van der Waals surface area contributed by atoms with Crippen LogP contribution in [0.15, 0.2) is 77.2 Å². The number of rotatable bonds is 7. The average Bonchev–Trinajstić information content (AvgIpc) is 2.88. The first-order chi connectivity index (χ1) is 17.4. The summed E-state index contributed by atoms with van der Waals surface area (Å²) in [5.41, 5.74) is 1.98. The van der Waals surface area contributed by atoms with Crippen LogP contribution in [0.3, 0.4) is 0 Å². The molecule has 4 aromatic rings. The van der Waals surface area contributed by atoms with Gasteiger partial charge in [0.25, 0.3) is 11.5 Å². The first-order valence-electron chi connectivity index (χ1n) is 11.3. The zero-order valence-electron chi connectivity index (χ0n) is 20.1. The van der Waals surface area contributed by atoms with E-state index in [9.17, 15) is 14.9 Å². The number of nitriles is 1. The Morgan fingerprint density at radius 3 is 2.61 bits per heavy atom. The number of carbonyl (C=O) groups excluding carboxylic acids is 1. The summed E-state index contributed by atoms with van der Waals surface area (Å²) < 4.78 is 12.8. The summed E-state index contributed by atoms with van der Waals surface area (Å²) in [6.07, 6.45) is 2.77. The molecule has 0 saturated heterocycles. The highest BCUT2D eigenvalue weighted by molar-refractivity contribution is 6.09. The maximum Gasteiger partial charge on any atom is 0.269 e. The van der Waals surface area contributed by atoms with Crippen molar-refractivity contribution in [1.29, 1.82) is 5.26 Å². The summed E-state index contributed by atoms with van der Waals surface area (Å²) in [6, 6.07) is 19.3. The molecular weight excluding hydrogens is 456 g/mol. The number of anilines is 1. The van der Waals surface area contributed by atoms with E-state index in [0.717, 1.165) is 11.1 Å². The Hall–Kier alpha value is -4.90. The van der Waals surface area contributed by atoms with Crippen LogP contribution in [-0.2, 0) is 4.79 Å². The highest BCUT2D eigenvalue weighted by Gasteiger charge is 2.18. The van der Waals surface area contributed by atoms with Gasteiger partial charge in [-0.25, -0.2) is 0 Å². The molecule has 0 aliphatic rings.